The lowest BCUT2D eigenvalue weighted by molar-refractivity contribution is -0.131. The highest BCUT2D eigenvalue weighted by molar-refractivity contribution is 6.30. The number of carbonyl (C=O) groups is 1. The molecule has 16 heavy (non-hydrogen) atoms. The van der Waals surface area contributed by atoms with E-state index in [0.29, 0.717) is 5.56 Å². The zero-order valence-corrected chi connectivity index (χ0v) is 9.49. The predicted molar refractivity (Wildman–Crippen MR) is 58.7 cm³/mol. The van der Waals surface area contributed by atoms with Gasteiger partial charge in [-0.15, -0.1) is 11.6 Å². The van der Waals surface area contributed by atoms with Crippen molar-refractivity contribution in [3.05, 3.63) is 35.9 Å². The lowest BCUT2D eigenvalue weighted by Gasteiger charge is -2.19. The number of carbonyl (C=O) groups excluding carboxylic acids is 1. The van der Waals surface area contributed by atoms with Crippen LogP contribution in [-0.2, 0) is 4.79 Å². The molecule has 1 unspecified atom stereocenters. The minimum Gasteiger partial charge on any atom is -0.338 e. The van der Waals surface area contributed by atoms with Crippen molar-refractivity contribution in [3.63, 3.8) is 0 Å². The predicted octanol–water partition coefficient (Wildman–Crippen LogP) is 2.69. The van der Waals surface area contributed by atoms with E-state index in [0.717, 1.165) is 4.90 Å². The van der Waals surface area contributed by atoms with Crippen LogP contribution in [0.2, 0.25) is 0 Å². The van der Waals surface area contributed by atoms with E-state index in [4.69, 9.17) is 11.6 Å². The van der Waals surface area contributed by atoms with Crippen molar-refractivity contribution in [1.29, 1.82) is 0 Å². The highest BCUT2D eigenvalue weighted by atomic mass is 35.5. The Hall–Kier alpha value is -1.16. The second-order valence-corrected chi connectivity index (χ2v) is 3.82. The van der Waals surface area contributed by atoms with Gasteiger partial charge >= 0.3 is 0 Å². The summed E-state index contributed by atoms with van der Waals surface area (Å²) in [5.74, 6) is -0.520. The number of amides is 1. The molecule has 1 atom stereocenters. The Labute approximate surface area is 97.8 Å². The molecule has 0 N–H and O–H groups in total. The molecule has 88 valence electrons. The molecule has 0 aliphatic rings. The van der Waals surface area contributed by atoms with Gasteiger partial charge in [-0.25, -0.2) is 8.78 Å². The maximum atomic E-state index is 12.1. The summed E-state index contributed by atoms with van der Waals surface area (Å²) in [6.07, 6.45) is -2.55. The third kappa shape index (κ3) is 3.45. The van der Waals surface area contributed by atoms with Gasteiger partial charge in [-0.2, -0.15) is 0 Å². The molecule has 0 fully saturated rings. The molecule has 1 aromatic rings. The van der Waals surface area contributed by atoms with Gasteiger partial charge < -0.3 is 4.90 Å². The first-order chi connectivity index (χ1) is 7.52. The van der Waals surface area contributed by atoms with Gasteiger partial charge in [0.15, 0.2) is 0 Å². The van der Waals surface area contributed by atoms with Crippen LogP contribution in [0.4, 0.5) is 8.78 Å². The molecule has 0 bridgehead atoms. The van der Waals surface area contributed by atoms with Crippen molar-refractivity contribution in [2.24, 2.45) is 0 Å². The van der Waals surface area contributed by atoms with Crippen molar-refractivity contribution in [3.8, 4) is 0 Å². The standard InChI is InChI=1S/C11H12ClF2NO/c1-15(7-9(13)14)11(16)10(12)8-5-3-2-4-6-8/h2-6,9-10H,7H2,1H3. The van der Waals surface area contributed by atoms with E-state index in [1.165, 1.54) is 7.05 Å². The van der Waals surface area contributed by atoms with Crippen LogP contribution in [0.25, 0.3) is 0 Å². The summed E-state index contributed by atoms with van der Waals surface area (Å²) < 4.78 is 24.1. The van der Waals surface area contributed by atoms with Crippen molar-refractivity contribution >= 4 is 17.5 Å². The van der Waals surface area contributed by atoms with Crippen LogP contribution < -0.4 is 0 Å². The van der Waals surface area contributed by atoms with Crippen LogP contribution in [0, 0.1) is 0 Å². The Morgan fingerprint density at radius 1 is 1.38 bits per heavy atom. The normalized spacial score (nSPS) is 12.6. The second-order valence-electron chi connectivity index (χ2n) is 3.38. The zero-order chi connectivity index (χ0) is 12.1. The fraction of sp³-hybridized carbons (Fsp3) is 0.364. The number of hydrogen-bond acceptors (Lipinski definition) is 1. The number of nitrogens with zero attached hydrogens (tertiary/aromatic N) is 1. The Morgan fingerprint density at radius 3 is 2.44 bits per heavy atom. The highest BCUT2D eigenvalue weighted by Gasteiger charge is 2.22. The Balaban J connectivity index is 2.67. The summed E-state index contributed by atoms with van der Waals surface area (Å²) in [7, 11) is 1.31. The van der Waals surface area contributed by atoms with E-state index in [1.54, 1.807) is 30.3 Å². The average Bonchev–Trinajstić information content (AvgIpc) is 2.27. The molecule has 1 rings (SSSR count). The molecule has 1 amide bonds. The SMILES string of the molecule is CN(CC(F)F)C(=O)C(Cl)c1ccccc1. The smallest absolute Gasteiger partial charge is 0.255 e. The molecule has 0 aliphatic carbocycles. The summed E-state index contributed by atoms with van der Waals surface area (Å²) in [6, 6.07) is 8.65. The largest absolute Gasteiger partial charge is 0.338 e. The van der Waals surface area contributed by atoms with E-state index < -0.39 is 24.3 Å². The molecule has 5 heteroatoms. The topological polar surface area (TPSA) is 20.3 Å². The molecule has 0 radical (unpaired) electrons. The summed E-state index contributed by atoms with van der Waals surface area (Å²) in [5.41, 5.74) is 0.607. The number of halogens is 3. The maximum absolute atomic E-state index is 12.1. The Kier molecular flexibility index (Phi) is 4.68. The van der Waals surface area contributed by atoms with Crippen LogP contribution in [0.1, 0.15) is 10.9 Å². The number of alkyl halides is 3. The first kappa shape index (κ1) is 12.9. The van der Waals surface area contributed by atoms with Crippen LogP contribution in [-0.4, -0.2) is 30.8 Å². The van der Waals surface area contributed by atoms with Crippen LogP contribution in [0.5, 0.6) is 0 Å². The molecule has 0 saturated carbocycles. The van der Waals surface area contributed by atoms with Gasteiger partial charge in [0, 0.05) is 7.05 Å². The first-order valence-corrected chi connectivity index (χ1v) is 5.18. The van der Waals surface area contributed by atoms with Crippen molar-refractivity contribution < 1.29 is 13.6 Å². The van der Waals surface area contributed by atoms with Gasteiger partial charge in [-0.1, -0.05) is 30.3 Å². The molecule has 0 saturated heterocycles. The lowest BCUT2D eigenvalue weighted by atomic mass is 10.1. The lowest BCUT2D eigenvalue weighted by Crippen LogP contribution is -2.33. The van der Waals surface area contributed by atoms with Gasteiger partial charge in [-0.05, 0) is 5.56 Å². The Morgan fingerprint density at radius 2 is 1.94 bits per heavy atom. The quantitative estimate of drug-likeness (QED) is 0.749. The number of rotatable bonds is 4. The van der Waals surface area contributed by atoms with Crippen LogP contribution in [0.15, 0.2) is 30.3 Å². The van der Waals surface area contributed by atoms with E-state index in [1.807, 2.05) is 0 Å². The number of hydrogen-bond donors (Lipinski definition) is 0. The summed E-state index contributed by atoms with van der Waals surface area (Å²) in [5, 5.41) is -0.912. The fourth-order valence-corrected chi connectivity index (χ4v) is 1.57. The molecule has 1 aromatic carbocycles. The van der Waals surface area contributed by atoms with E-state index in [9.17, 15) is 13.6 Å². The number of benzene rings is 1. The third-order valence-electron chi connectivity index (χ3n) is 2.10. The molecular weight excluding hydrogens is 236 g/mol. The highest BCUT2D eigenvalue weighted by Crippen LogP contribution is 2.22. The summed E-state index contributed by atoms with van der Waals surface area (Å²) >= 11 is 5.90. The molecule has 2 nitrogen and oxygen atoms in total. The minimum atomic E-state index is -2.55. The first-order valence-electron chi connectivity index (χ1n) is 4.74. The van der Waals surface area contributed by atoms with Gasteiger partial charge in [0.1, 0.15) is 5.38 Å². The summed E-state index contributed by atoms with van der Waals surface area (Å²) in [4.78, 5) is 12.6. The van der Waals surface area contributed by atoms with Crippen LogP contribution in [0.3, 0.4) is 0 Å². The van der Waals surface area contributed by atoms with E-state index in [2.05, 4.69) is 0 Å². The van der Waals surface area contributed by atoms with Gasteiger partial charge in [0.25, 0.3) is 6.43 Å². The molecule has 0 heterocycles. The molecular formula is C11H12ClF2NO. The Bertz CT molecular complexity index is 345. The average molecular weight is 248 g/mol. The third-order valence-corrected chi connectivity index (χ3v) is 2.54. The van der Waals surface area contributed by atoms with Crippen molar-refractivity contribution in [1.82, 2.24) is 4.90 Å². The van der Waals surface area contributed by atoms with E-state index in [-0.39, 0.29) is 0 Å². The number of likely N-dealkylation sites (N-methyl/N-ethyl adjacent to an activating group) is 1. The zero-order valence-electron chi connectivity index (χ0n) is 8.74. The molecule has 0 aliphatic heterocycles. The van der Waals surface area contributed by atoms with Crippen molar-refractivity contribution in [2.45, 2.75) is 11.8 Å². The van der Waals surface area contributed by atoms with Gasteiger partial charge in [0.05, 0.1) is 6.54 Å². The fourth-order valence-electron chi connectivity index (χ4n) is 1.26. The molecule has 0 spiro atoms. The van der Waals surface area contributed by atoms with Gasteiger partial charge in [0.2, 0.25) is 5.91 Å². The minimum absolute atomic E-state index is 0.520. The molecule has 0 aromatic heterocycles. The van der Waals surface area contributed by atoms with Crippen LogP contribution >= 0.6 is 11.6 Å². The van der Waals surface area contributed by atoms with Crippen molar-refractivity contribution in [2.75, 3.05) is 13.6 Å². The summed E-state index contributed by atoms with van der Waals surface area (Å²) in [6.45, 7) is -0.602. The maximum Gasteiger partial charge on any atom is 0.255 e. The second kappa shape index (κ2) is 5.80. The monoisotopic (exact) mass is 247 g/mol. The van der Waals surface area contributed by atoms with Gasteiger partial charge in [-0.3, -0.25) is 4.79 Å². The van der Waals surface area contributed by atoms with E-state index >= 15 is 0 Å².